The molecule has 0 bridgehead atoms. The van der Waals surface area contributed by atoms with Crippen molar-refractivity contribution >= 4 is 0 Å². The molecule has 172 valence electrons. The largest absolute Gasteiger partial charge is 0.106 e. The van der Waals surface area contributed by atoms with Gasteiger partial charge in [-0.3, -0.25) is 0 Å². The molecule has 0 aliphatic carbocycles. The molecule has 0 unspecified atom stereocenters. The van der Waals surface area contributed by atoms with Gasteiger partial charge in [-0.1, -0.05) is 166 Å². The van der Waals surface area contributed by atoms with Gasteiger partial charge in [0.05, 0.1) is 0 Å². The van der Waals surface area contributed by atoms with Crippen LogP contribution >= 0.6 is 0 Å². The first-order valence-corrected chi connectivity index (χ1v) is 12.9. The Balaban J connectivity index is -0.0000000945. The maximum atomic E-state index is 3.00. The second-order valence-corrected chi connectivity index (χ2v) is 5.60. The molecule has 0 saturated carbocycles. The highest BCUT2D eigenvalue weighted by Gasteiger charge is 1.93. The van der Waals surface area contributed by atoms with Gasteiger partial charge in [0.15, 0.2) is 0 Å². The van der Waals surface area contributed by atoms with Crippen LogP contribution in [-0.4, -0.2) is 0 Å². The van der Waals surface area contributed by atoms with Crippen molar-refractivity contribution in [2.24, 2.45) is 0 Å². The van der Waals surface area contributed by atoms with Crippen LogP contribution in [0.2, 0.25) is 0 Å². The molecule has 0 heterocycles. The minimum atomic E-state index is 1.37. The Morgan fingerprint density at radius 2 is 0.407 bits per heavy atom. The highest BCUT2D eigenvalue weighted by atomic mass is 14.0. The van der Waals surface area contributed by atoms with Gasteiger partial charge in [0.2, 0.25) is 0 Å². The molecule has 0 aromatic carbocycles. The zero-order chi connectivity index (χ0) is 22.6. The summed E-state index contributed by atoms with van der Waals surface area (Å²) >= 11 is 0. The average molecular weight is 389 g/mol. The summed E-state index contributed by atoms with van der Waals surface area (Å²) in [4.78, 5) is 0. The highest BCUT2D eigenvalue weighted by Crippen LogP contribution is 2.13. The Morgan fingerprint density at radius 3 is 0.519 bits per heavy atom. The topological polar surface area (TPSA) is 0 Å². The molecule has 0 rings (SSSR count). The van der Waals surface area contributed by atoms with Crippen molar-refractivity contribution < 1.29 is 0 Å². The van der Waals surface area contributed by atoms with E-state index >= 15 is 0 Å². The van der Waals surface area contributed by atoms with Crippen LogP contribution in [-0.2, 0) is 0 Å². The van der Waals surface area contributed by atoms with E-state index in [1.807, 2.05) is 55.4 Å². The van der Waals surface area contributed by atoms with Gasteiger partial charge in [-0.2, -0.15) is 0 Å². The Morgan fingerprint density at radius 1 is 0.296 bits per heavy atom. The molecule has 0 atom stereocenters. The molecule has 0 aliphatic heterocycles. The lowest BCUT2D eigenvalue weighted by atomic mass is 10.0. The molecule has 0 aliphatic rings. The summed E-state index contributed by atoms with van der Waals surface area (Å²) < 4.78 is 0. The first-order chi connectivity index (χ1) is 13.4. The number of hydrogen-bond acceptors (Lipinski definition) is 0. The van der Waals surface area contributed by atoms with E-state index in [0.717, 1.165) is 0 Å². The molecular weight excluding hydrogens is 324 g/mol. The lowest BCUT2D eigenvalue weighted by Gasteiger charge is -2.02. The van der Waals surface area contributed by atoms with Gasteiger partial charge in [0.25, 0.3) is 0 Å². The Kier molecular flexibility index (Phi) is 111. The molecule has 0 aromatic rings. The fourth-order valence-corrected chi connectivity index (χ4v) is 2.44. The van der Waals surface area contributed by atoms with Crippen molar-refractivity contribution in [2.75, 3.05) is 0 Å². The third-order valence-corrected chi connectivity index (χ3v) is 3.71. The second kappa shape index (κ2) is 72.5. The predicted octanol–water partition coefficient (Wildman–Crippen LogP) is 11.8. The summed E-state index contributed by atoms with van der Waals surface area (Å²) in [7, 11) is 0. The zero-order valence-corrected chi connectivity index (χ0v) is 22.0. The summed E-state index contributed by atoms with van der Waals surface area (Å²) in [6, 6.07) is 0. The average Bonchev–Trinajstić information content (AvgIpc) is 2.78. The van der Waals surface area contributed by atoms with Crippen molar-refractivity contribution in [3.8, 4) is 0 Å². The van der Waals surface area contributed by atoms with E-state index in [-0.39, 0.29) is 0 Å². The molecule has 27 heavy (non-hydrogen) atoms. The minimum Gasteiger partial charge on any atom is -0.106 e. The molecule has 0 spiro atoms. The SMILES string of the molecule is C=C.CC.CC.CC.CC.CCCCCCCCCCCCCCCCC. The lowest BCUT2D eigenvalue weighted by Crippen LogP contribution is -1.82. The molecule has 0 saturated heterocycles. The van der Waals surface area contributed by atoms with Gasteiger partial charge in [-0.05, 0) is 0 Å². The van der Waals surface area contributed by atoms with Crippen LogP contribution < -0.4 is 0 Å². The lowest BCUT2D eigenvalue weighted by molar-refractivity contribution is 0.534. The van der Waals surface area contributed by atoms with Crippen molar-refractivity contribution in [3.63, 3.8) is 0 Å². The van der Waals surface area contributed by atoms with E-state index in [1.165, 1.54) is 96.3 Å². The monoisotopic (exact) mass is 389 g/mol. The van der Waals surface area contributed by atoms with Crippen molar-refractivity contribution in [1.29, 1.82) is 0 Å². The van der Waals surface area contributed by atoms with Crippen LogP contribution in [0.5, 0.6) is 0 Å². The van der Waals surface area contributed by atoms with E-state index in [9.17, 15) is 0 Å². The van der Waals surface area contributed by atoms with Gasteiger partial charge in [0.1, 0.15) is 0 Å². The standard InChI is InChI=1S/C17H36.4C2H6.C2H4/c1-3-5-7-9-11-13-15-17-16-14-12-10-8-6-4-2;5*1-2/h3-17H2,1-2H3;4*1-2H3;1-2H2. The van der Waals surface area contributed by atoms with Gasteiger partial charge in [-0.25, -0.2) is 0 Å². The van der Waals surface area contributed by atoms with Crippen LogP contribution in [0.25, 0.3) is 0 Å². The Labute approximate surface area is 179 Å². The molecule has 0 N–H and O–H groups in total. The second-order valence-electron chi connectivity index (χ2n) is 5.60. The summed E-state index contributed by atoms with van der Waals surface area (Å²) in [5, 5.41) is 0. The number of unbranched alkanes of at least 4 members (excludes halogenated alkanes) is 14. The van der Waals surface area contributed by atoms with Gasteiger partial charge >= 0.3 is 0 Å². The Hall–Kier alpha value is -0.260. The highest BCUT2D eigenvalue weighted by molar-refractivity contribution is 4.48. The Bertz CT molecular complexity index is 114. The molecular formula is C27H64. The fraction of sp³-hybridized carbons (Fsp3) is 0.926. The van der Waals surface area contributed by atoms with Gasteiger partial charge < -0.3 is 0 Å². The minimum absolute atomic E-state index is 1.37. The summed E-state index contributed by atoms with van der Waals surface area (Å²) in [5.74, 6) is 0. The predicted molar refractivity (Wildman–Crippen MR) is 137 cm³/mol. The normalized spacial score (nSPS) is 7.93. The fourth-order valence-electron chi connectivity index (χ4n) is 2.44. The molecule has 0 radical (unpaired) electrons. The quantitative estimate of drug-likeness (QED) is 0.205. The van der Waals surface area contributed by atoms with Gasteiger partial charge in [0, 0.05) is 0 Å². The third-order valence-electron chi connectivity index (χ3n) is 3.71. The van der Waals surface area contributed by atoms with Crippen LogP contribution in [0, 0.1) is 0 Å². The van der Waals surface area contributed by atoms with Crippen LogP contribution in [0.3, 0.4) is 0 Å². The van der Waals surface area contributed by atoms with Crippen molar-refractivity contribution in [3.05, 3.63) is 13.2 Å². The molecule has 0 aromatic heterocycles. The van der Waals surface area contributed by atoms with Crippen LogP contribution in [0.1, 0.15) is 166 Å². The summed E-state index contributed by atoms with van der Waals surface area (Å²) in [6.07, 6.45) is 21.9. The van der Waals surface area contributed by atoms with Crippen LogP contribution in [0.4, 0.5) is 0 Å². The molecule has 0 heteroatoms. The van der Waals surface area contributed by atoms with E-state index in [0.29, 0.717) is 0 Å². The maximum absolute atomic E-state index is 3.00. The number of hydrogen-bond donors (Lipinski definition) is 0. The molecule has 0 fully saturated rings. The third kappa shape index (κ3) is 76.8. The first-order valence-electron chi connectivity index (χ1n) is 12.9. The van der Waals surface area contributed by atoms with E-state index in [4.69, 9.17) is 0 Å². The zero-order valence-electron chi connectivity index (χ0n) is 22.0. The molecule has 0 amide bonds. The van der Waals surface area contributed by atoms with E-state index in [1.54, 1.807) is 0 Å². The van der Waals surface area contributed by atoms with Gasteiger partial charge in [-0.15, -0.1) is 13.2 Å². The smallest absolute Gasteiger partial charge is 0.0533 e. The van der Waals surface area contributed by atoms with Crippen LogP contribution in [0.15, 0.2) is 13.2 Å². The van der Waals surface area contributed by atoms with E-state index in [2.05, 4.69) is 27.0 Å². The first kappa shape index (κ1) is 41.2. The molecule has 0 nitrogen and oxygen atoms in total. The van der Waals surface area contributed by atoms with Crippen molar-refractivity contribution in [2.45, 2.75) is 166 Å². The van der Waals surface area contributed by atoms with E-state index < -0.39 is 0 Å². The van der Waals surface area contributed by atoms with Crippen molar-refractivity contribution in [1.82, 2.24) is 0 Å². The summed E-state index contributed by atoms with van der Waals surface area (Å²) in [5.41, 5.74) is 0. The summed E-state index contributed by atoms with van der Waals surface area (Å²) in [6.45, 7) is 26.6. The maximum Gasteiger partial charge on any atom is -0.0533 e. The number of rotatable bonds is 14.